The van der Waals surface area contributed by atoms with Crippen LogP contribution in [0.2, 0.25) is 0 Å². The van der Waals surface area contributed by atoms with Crippen molar-refractivity contribution in [3.05, 3.63) is 59.0 Å². The molecule has 0 amide bonds. The van der Waals surface area contributed by atoms with Crippen LogP contribution in [0.5, 0.6) is 17.2 Å². The van der Waals surface area contributed by atoms with Crippen LogP contribution >= 0.6 is 0 Å². The number of halogens is 1. The van der Waals surface area contributed by atoms with Crippen LogP contribution in [0.15, 0.2) is 40.9 Å². The van der Waals surface area contributed by atoms with Gasteiger partial charge in [-0.1, -0.05) is 5.16 Å². The monoisotopic (exact) mass is 399 g/mol. The first-order valence-electron chi connectivity index (χ1n) is 8.92. The van der Waals surface area contributed by atoms with Crippen molar-refractivity contribution in [1.29, 1.82) is 0 Å². The maximum atomic E-state index is 13.1. The van der Waals surface area contributed by atoms with Gasteiger partial charge in [-0.2, -0.15) is 0 Å². The van der Waals surface area contributed by atoms with Gasteiger partial charge in [0.25, 0.3) is 0 Å². The molecule has 2 aromatic carbocycles. The van der Waals surface area contributed by atoms with Crippen molar-refractivity contribution in [3.63, 3.8) is 0 Å². The van der Waals surface area contributed by atoms with Gasteiger partial charge in [-0.15, -0.1) is 0 Å². The third-order valence-electron chi connectivity index (χ3n) is 4.53. The predicted octanol–water partition coefficient (Wildman–Crippen LogP) is 3.93. The summed E-state index contributed by atoms with van der Waals surface area (Å²) in [6.45, 7) is 2.52. The largest absolute Gasteiger partial charge is 0.493 e. The molecular formula is C21H18FNO6. The van der Waals surface area contributed by atoms with Crippen LogP contribution in [0.1, 0.15) is 21.6 Å². The van der Waals surface area contributed by atoms with Gasteiger partial charge in [0.2, 0.25) is 5.75 Å². The molecule has 3 aromatic rings. The van der Waals surface area contributed by atoms with Crippen LogP contribution in [-0.4, -0.2) is 31.4 Å². The summed E-state index contributed by atoms with van der Waals surface area (Å²) < 4.78 is 40.2. The third kappa shape index (κ3) is 3.73. The lowest BCUT2D eigenvalue weighted by Crippen LogP contribution is -2.17. The normalized spacial score (nSPS) is 12.5. The van der Waals surface area contributed by atoms with Gasteiger partial charge in [-0.3, -0.25) is 0 Å². The molecule has 0 bridgehead atoms. The summed E-state index contributed by atoms with van der Waals surface area (Å²) in [5.41, 5.74) is 2.14. The molecule has 0 aliphatic carbocycles. The van der Waals surface area contributed by atoms with Crippen molar-refractivity contribution in [2.45, 2.75) is 13.5 Å². The van der Waals surface area contributed by atoms with Gasteiger partial charge < -0.3 is 23.5 Å². The molecule has 1 aliphatic rings. The highest BCUT2D eigenvalue weighted by Crippen LogP contribution is 2.40. The molecule has 1 aliphatic heterocycles. The number of fused-ring (bicyclic) bond motifs is 1. The van der Waals surface area contributed by atoms with Crippen molar-refractivity contribution < 1.29 is 32.7 Å². The number of carbonyl (C=O) groups is 1. The number of nitrogens with zero attached hydrogens (tertiary/aromatic N) is 1. The molecule has 0 unspecified atom stereocenters. The number of rotatable bonds is 5. The summed E-state index contributed by atoms with van der Waals surface area (Å²) in [6, 6.07) is 8.97. The molecule has 0 saturated heterocycles. The van der Waals surface area contributed by atoms with E-state index in [1.807, 2.05) is 0 Å². The predicted molar refractivity (Wildman–Crippen MR) is 99.7 cm³/mol. The van der Waals surface area contributed by atoms with Gasteiger partial charge >= 0.3 is 5.97 Å². The summed E-state index contributed by atoms with van der Waals surface area (Å²) in [5, 5.41) is 3.97. The van der Waals surface area contributed by atoms with E-state index < -0.39 is 5.97 Å². The number of methoxy groups -OCH3 is 1. The Morgan fingerprint density at radius 2 is 1.93 bits per heavy atom. The Bertz CT molecular complexity index is 1030. The fourth-order valence-corrected chi connectivity index (χ4v) is 2.98. The van der Waals surface area contributed by atoms with Gasteiger partial charge in [-0.05, 0) is 43.3 Å². The molecule has 8 heteroatoms. The lowest BCUT2D eigenvalue weighted by Gasteiger charge is -2.21. The first-order chi connectivity index (χ1) is 14.1. The van der Waals surface area contributed by atoms with Crippen molar-refractivity contribution in [1.82, 2.24) is 5.16 Å². The number of esters is 1. The van der Waals surface area contributed by atoms with E-state index in [9.17, 15) is 9.18 Å². The second kappa shape index (κ2) is 7.83. The molecule has 7 nitrogen and oxygen atoms in total. The number of ether oxygens (including phenoxy) is 4. The first-order valence-corrected chi connectivity index (χ1v) is 8.92. The Labute approximate surface area is 165 Å². The second-order valence-electron chi connectivity index (χ2n) is 6.37. The molecular weight excluding hydrogens is 381 g/mol. The number of carbonyl (C=O) groups excluding carboxylic acids is 1. The molecule has 0 saturated carbocycles. The van der Waals surface area contributed by atoms with E-state index in [1.54, 1.807) is 25.1 Å². The first kappa shape index (κ1) is 18.8. The van der Waals surface area contributed by atoms with Gasteiger partial charge in [-0.25, -0.2) is 9.18 Å². The summed E-state index contributed by atoms with van der Waals surface area (Å²) in [5.74, 6) is 0.883. The molecule has 0 N–H and O–H groups in total. The smallest absolute Gasteiger partial charge is 0.338 e. The van der Waals surface area contributed by atoms with E-state index in [-0.39, 0.29) is 18.0 Å². The Hall–Kier alpha value is -3.55. The molecule has 4 rings (SSSR count). The molecule has 1 aromatic heterocycles. The molecule has 29 heavy (non-hydrogen) atoms. The Morgan fingerprint density at radius 1 is 1.17 bits per heavy atom. The van der Waals surface area contributed by atoms with Crippen molar-refractivity contribution in [2.75, 3.05) is 20.3 Å². The van der Waals surface area contributed by atoms with Crippen LogP contribution in [0.3, 0.4) is 0 Å². The van der Waals surface area contributed by atoms with Crippen molar-refractivity contribution >= 4 is 5.97 Å². The lowest BCUT2D eigenvalue weighted by molar-refractivity contribution is 0.0462. The Morgan fingerprint density at radius 3 is 2.69 bits per heavy atom. The average Bonchev–Trinajstić information content (AvgIpc) is 3.12. The SMILES string of the molecule is COc1cc(C(=O)OCc2noc(-c3ccc(F)cc3)c2C)cc2c1OCCO2. The highest BCUT2D eigenvalue weighted by Gasteiger charge is 2.22. The molecule has 0 radical (unpaired) electrons. The van der Waals surface area contributed by atoms with E-state index in [2.05, 4.69) is 5.16 Å². The zero-order valence-electron chi connectivity index (χ0n) is 15.9. The van der Waals surface area contributed by atoms with Gasteiger partial charge in [0.05, 0.1) is 12.7 Å². The molecule has 0 fully saturated rings. The fourth-order valence-electron chi connectivity index (χ4n) is 2.98. The van der Waals surface area contributed by atoms with Gasteiger partial charge in [0, 0.05) is 11.1 Å². The molecule has 150 valence electrons. The number of aromatic nitrogens is 1. The fraction of sp³-hybridized carbons (Fsp3) is 0.238. The summed E-state index contributed by atoms with van der Waals surface area (Å²) in [4.78, 5) is 12.5. The van der Waals surface area contributed by atoms with E-state index in [4.69, 9.17) is 23.5 Å². The van der Waals surface area contributed by atoms with Crippen LogP contribution < -0.4 is 14.2 Å². The van der Waals surface area contributed by atoms with Gasteiger partial charge in [0.1, 0.15) is 31.3 Å². The molecule has 0 spiro atoms. The second-order valence-corrected chi connectivity index (χ2v) is 6.37. The van der Waals surface area contributed by atoms with E-state index in [0.29, 0.717) is 53.0 Å². The average molecular weight is 399 g/mol. The minimum Gasteiger partial charge on any atom is -0.493 e. The van der Waals surface area contributed by atoms with Crippen molar-refractivity contribution in [3.8, 4) is 28.6 Å². The minimum atomic E-state index is -0.564. The number of hydrogen-bond donors (Lipinski definition) is 0. The lowest BCUT2D eigenvalue weighted by atomic mass is 10.1. The maximum absolute atomic E-state index is 13.1. The summed E-state index contributed by atoms with van der Waals surface area (Å²) in [7, 11) is 1.48. The van der Waals surface area contributed by atoms with Crippen LogP contribution in [0.25, 0.3) is 11.3 Å². The Kier molecular flexibility index (Phi) is 5.07. The summed E-state index contributed by atoms with van der Waals surface area (Å²) >= 11 is 0. The van der Waals surface area contributed by atoms with E-state index >= 15 is 0 Å². The van der Waals surface area contributed by atoms with Crippen molar-refractivity contribution in [2.24, 2.45) is 0 Å². The van der Waals surface area contributed by atoms with Gasteiger partial charge in [0.15, 0.2) is 17.3 Å². The van der Waals surface area contributed by atoms with Crippen LogP contribution in [0.4, 0.5) is 4.39 Å². The molecule has 0 atom stereocenters. The molecule has 2 heterocycles. The Balaban J connectivity index is 1.50. The minimum absolute atomic E-state index is 0.0773. The standard InChI is InChI=1S/C21H18FNO6/c1-12-16(23-29-19(12)13-3-5-15(22)6-4-13)11-28-21(24)14-9-17(25-2)20-18(10-14)26-7-8-27-20/h3-6,9-10H,7-8,11H2,1-2H3. The van der Waals surface area contributed by atoms with E-state index in [0.717, 1.165) is 0 Å². The highest BCUT2D eigenvalue weighted by molar-refractivity contribution is 5.91. The van der Waals surface area contributed by atoms with E-state index in [1.165, 1.54) is 25.3 Å². The summed E-state index contributed by atoms with van der Waals surface area (Å²) in [6.07, 6.45) is 0. The van der Waals surface area contributed by atoms with Crippen LogP contribution in [0, 0.1) is 12.7 Å². The maximum Gasteiger partial charge on any atom is 0.338 e. The highest BCUT2D eigenvalue weighted by atomic mass is 19.1. The van der Waals surface area contributed by atoms with Crippen LogP contribution in [-0.2, 0) is 11.3 Å². The number of hydrogen-bond acceptors (Lipinski definition) is 7. The zero-order valence-corrected chi connectivity index (χ0v) is 15.9. The topological polar surface area (TPSA) is 80.0 Å². The quantitative estimate of drug-likeness (QED) is 0.602. The third-order valence-corrected chi connectivity index (χ3v) is 4.53. The zero-order chi connectivity index (χ0) is 20.4. The number of benzene rings is 2.